The Balaban J connectivity index is 2.14. The van der Waals surface area contributed by atoms with E-state index in [2.05, 4.69) is 23.5 Å². The van der Waals surface area contributed by atoms with E-state index in [0.29, 0.717) is 0 Å². The van der Waals surface area contributed by atoms with Gasteiger partial charge in [-0.15, -0.1) is 0 Å². The van der Waals surface area contributed by atoms with E-state index in [-0.39, 0.29) is 12.0 Å². The molecular formula is C14H19NO2. The summed E-state index contributed by atoms with van der Waals surface area (Å²) in [6.45, 7) is 3.72. The van der Waals surface area contributed by atoms with Crippen LogP contribution in [0.1, 0.15) is 37.4 Å². The molecule has 1 aliphatic carbocycles. The monoisotopic (exact) mass is 233 g/mol. The molecule has 1 aliphatic rings. The topological polar surface area (TPSA) is 38.3 Å². The van der Waals surface area contributed by atoms with Gasteiger partial charge in [0.05, 0.1) is 7.11 Å². The number of nitrogens with one attached hydrogen (secondary N) is 1. The van der Waals surface area contributed by atoms with Crippen LogP contribution in [-0.2, 0) is 16.0 Å². The van der Waals surface area contributed by atoms with Gasteiger partial charge in [0, 0.05) is 6.04 Å². The number of esters is 1. The lowest BCUT2D eigenvalue weighted by atomic mass is 10.0. The molecule has 3 nitrogen and oxygen atoms in total. The third kappa shape index (κ3) is 2.34. The first kappa shape index (κ1) is 12.1. The number of benzene rings is 1. The molecule has 0 amide bonds. The Kier molecular flexibility index (Phi) is 3.20. The summed E-state index contributed by atoms with van der Waals surface area (Å²) in [5, 5.41) is 3.39. The third-order valence-corrected chi connectivity index (χ3v) is 3.36. The van der Waals surface area contributed by atoms with Gasteiger partial charge in [-0.05, 0) is 37.8 Å². The molecule has 0 radical (unpaired) electrons. The predicted molar refractivity (Wildman–Crippen MR) is 66.7 cm³/mol. The molecular weight excluding hydrogens is 214 g/mol. The highest BCUT2D eigenvalue weighted by Crippen LogP contribution is 2.32. The van der Waals surface area contributed by atoms with E-state index in [4.69, 9.17) is 4.74 Å². The van der Waals surface area contributed by atoms with Crippen molar-refractivity contribution in [1.82, 2.24) is 5.32 Å². The second-order valence-corrected chi connectivity index (χ2v) is 5.05. The van der Waals surface area contributed by atoms with Crippen LogP contribution >= 0.6 is 0 Å². The van der Waals surface area contributed by atoms with E-state index in [1.165, 1.54) is 18.2 Å². The highest BCUT2D eigenvalue weighted by molar-refractivity contribution is 5.79. The van der Waals surface area contributed by atoms with E-state index >= 15 is 0 Å². The molecule has 1 aromatic rings. The van der Waals surface area contributed by atoms with Crippen molar-refractivity contribution in [1.29, 1.82) is 0 Å². The first-order chi connectivity index (χ1) is 8.04. The maximum atomic E-state index is 11.6. The van der Waals surface area contributed by atoms with Crippen molar-refractivity contribution in [2.75, 3.05) is 7.11 Å². The fourth-order valence-electron chi connectivity index (χ4n) is 2.46. The van der Waals surface area contributed by atoms with E-state index < -0.39 is 5.54 Å². The van der Waals surface area contributed by atoms with Crippen LogP contribution in [0.15, 0.2) is 24.3 Å². The van der Waals surface area contributed by atoms with Gasteiger partial charge in [0.15, 0.2) is 0 Å². The van der Waals surface area contributed by atoms with Gasteiger partial charge in [-0.2, -0.15) is 0 Å². The zero-order chi connectivity index (χ0) is 12.5. The van der Waals surface area contributed by atoms with E-state index in [9.17, 15) is 4.79 Å². The van der Waals surface area contributed by atoms with Crippen molar-refractivity contribution < 1.29 is 9.53 Å². The third-order valence-electron chi connectivity index (χ3n) is 3.36. The summed E-state index contributed by atoms with van der Waals surface area (Å²) in [5.74, 6) is -0.220. The molecule has 0 bridgehead atoms. The molecule has 2 rings (SSSR count). The van der Waals surface area contributed by atoms with Gasteiger partial charge in [-0.3, -0.25) is 10.1 Å². The molecule has 0 aliphatic heterocycles. The summed E-state index contributed by atoms with van der Waals surface area (Å²) in [6.07, 6.45) is 2.12. The number of hydrogen-bond donors (Lipinski definition) is 1. The Morgan fingerprint density at radius 2 is 2.12 bits per heavy atom. The molecule has 0 aromatic heterocycles. The van der Waals surface area contributed by atoms with Gasteiger partial charge in [0.25, 0.3) is 0 Å². The van der Waals surface area contributed by atoms with Crippen molar-refractivity contribution in [3.8, 4) is 0 Å². The molecule has 1 atom stereocenters. The van der Waals surface area contributed by atoms with Gasteiger partial charge in [-0.25, -0.2) is 0 Å². The first-order valence-electron chi connectivity index (χ1n) is 5.98. The van der Waals surface area contributed by atoms with Crippen LogP contribution in [0, 0.1) is 0 Å². The molecule has 17 heavy (non-hydrogen) atoms. The minimum atomic E-state index is -0.642. The summed E-state index contributed by atoms with van der Waals surface area (Å²) in [7, 11) is 1.42. The van der Waals surface area contributed by atoms with Gasteiger partial charge < -0.3 is 4.74 Å². The summed E-state index contributed by atoms with van der Waals surface area (Å²) in [6, 6.07) is 8.65. The average Bonchev–Trinajstić information content (AvgIpc) is 2.71. The molecule has 0 fully saturated rings. The SMILES string of the molecule is COC(=O)C(C)(C)NC1CCc2ccccc21. The Labute approximate surface area is 102 Å². The molecule has 92 valence electrons. The predicted octanol–water partition coefficient (Wildman–Crippen LogP) is 2.22. The second-order valence-electron chi connectivity index (χ2n) is 5.05. The largest absolute Gasteiger partial charge is 0.468 e. The number of fused-ring (bicyclic) bond motifs is 1. The number of carbonyl (C=O) groups is 1. The van der Waals surface area contributed by atoms with Crippen molar-refractivity contribution in [3.63, 3.8) is 0 Å². The summed E-state index contributed by atoms with van der Waals surface area (Å²) in [4.78, 5) is 11.6. The number of methoxy groups -OCH3 is 1. The minimum Gasteiger partial charge on any atom is -0.468 e. The van der Waals surface area contributed by atoms with Crippen LogP contribution in [0.4, 0.5) is 0 Å². The van der Waals surface area contributed by atoms with Gasteiger partial charge in [-0.1, -0.05) is 24.3 Å². The summed E-state index contributed by atoms with van der Waals surface area (Å²) < 4.78 is 4.81. The highest BCUT2D eigenvalue weighted by Gasteiger charge is 2.33. The molecule has 1 unspecified atom stereocenters. The number of carbonyl (C=O) groups excluding carboxylic acids is 1. The lowest BCUT2D eigenvalue weighted by molar-refractivity contribution is -0.147. The van der Waals surface area contributed by atoms with Crippen LogP contribution in [0.25, 0.3) is 0 Å². The van der Waals surface area contributed by atoms with E-state index in [0.717, 1.165) is 12.8 Å². The van der Waals surface area contributed by atoms with Crippen LogP contribution < -0.4 is 5.32 Å². The summed E-state index contributed by atoms with van der Waals surface area (Å²) in [5.41, 5.74) is 2.05. The van der Waals surface area contributed by atoms with Crippen LogP contribution in [0.5, 0.6) is 0 Å². The zero-order valence-electron chi connectivity index (χ0n) is 10.6. The van der Waals surface area contributed by atoms with Crippen LogP contribution in [-0.4, -0.2) is 18.6 Å². The van der Waals surface area contributed by atoms with Crippen LogP contribution in [0.3, 0.4) is 0 Å². The number of rotatable bonds is 3. The van der Waals surface area contributed by atoms with Crippen LogP contribution in [0.2, 0.25) is 0 Å². The summed E-state index contributed by atoms with van der Waals surface area (Å²) >= 11 is 0. The smallest absolute Gasteiger partial charge is 0.325 e. The van der Waals surface area contributed by atoms with Crippen molar-refractivity contribution >= 4 is 5.97 Å². The molecule has 1 aromatic carbocycles. The zero-order valence-corrected chi connectivity index (χ0v) is 10.6. The number of ether oxygens (including phenoxy) is 1. The molecule has 0 saturated carbocycles. The Bertz CT molecular complexity index is 426. The number of hydrogen-bond acceptors (Lipinski definition) is 3. The molecule has 0 heterocycles. The quantitative estimate of drug-likeness (QED) is 0.813. The van der Waals surface area contributed by atoms with Crippen molar-refractivity contribution in [2.45, 2.75) is 38.3 Å². The average molecular weight is 233 g/mol. The van der Waals surface area contributed by atoms with Crippen molar-refractivity contribution in [3.05, 3.63) is 35.4 Å². The fraction of sp³-hybridized carbons (Fsp3) is 0.500. The Hall–Kier alpha value is -1.35. The Morgan fingerprint density at radius 3 is 2.82 bits per heavy atom. The maximum Gasteiger partial charge on any atom is 0.325 e. The first-order valence-corrected chi connectivity index (χ1v) is 5.98. The van der Waals surface area contributed by atoms with E-state index in [1.54, 1.807) is 0 Å². The Morgan fingerprint density at radius 1 is 1.41 bits per heavy atom. The maximum absolute atomic E-state index is 11.6. The van der Waals surface area contributed by atoms with Crippen molar-refractivity contribution in [2.24, 2.45) is 0 Å². The van der Waals surface area contributed by atoms with Gasteiger partial charge >= 0.3 is 5.97 Å². The molecule has 3 heteroatoms. The normalized spacial score (nSPS) is 18.9. The number of aryl methyl sites for hydroxylation is 1. The highest BCUT2D eigenvalue weighted by atomic mass is 16.5. The lowest BCUT2D eigenvalue weighted by Gasteiger charge is -2.27. The standard InChI is InChI=1S/C14H19NO2/c1-14(2,13(16)17-3)15-12-9-8-10-6-4-5-7-11(10)12/h4-7,12,15H,8-9H2,1-3H3. The molecule has 0 spiro atoms. The minimum absolute atomic E-state index is 0.220. The van der Waals surface area contributed by atoms with E-state index in [1.807, 2.05) is 19.9 Å². The lowest BCUT2D eigenvalue weighted by Crippen LogP contribution is -2.48. The fourth-order valence-corrected chi connectivity index (χ4v) is 2.46. The molecule has 0 saturated heterocycles. The molecule has 1 N–H and O–H groups in total. The van der Waals surface area contributed by atoms with Gasteiger partial charge in [0.2, 0.25) is 0 Å². The van der Waals surface area contributed by atoms with Gasteiger partial charge in [0.1, 0.15) is 5.54 Å². The second kappa shape index (κ2) is 4.49.